The molecule has 1 amide bonds. The fourth-order valence-corrected chi connectivity index (χ4v) is 3.78. The van der Waals surface area contributed by atoms with E-state index in [0.29, 0.717) is 31.5 Å². The van der Waals surface area contributed by atoms with Gasteiger partial charge in [-0.2, -0.15) is 0 Å². The summed E-state index contributed by atoms with van der Waals surface area (Å²) in [7, 11) is 0. The number of nitrogens with one attached hydrogen (secondary N) is 2. The SMILES string of the molecule is O=C(CCNc1ncccn1)NC[C@@H](c1cccs1)N1CCCC1. The Morgan fingerprint density at radius 2 is 2.04 bits per heavy atom. The van der Waals surface area contributed by atoms with Crippen LogP contribution in [-0.4, -0.2) is 47.0 Å². The van der Waals surface area contributed by atoms with Gasteiger partial charge in [0.1, 0.15) is 0 Å². The van der Waals surface area contributed by atoms with Crippen molar-refractivity contribution in [1.82, 2.24) is 20.2 Å². The van der Waals surface area contributed by atoms with Gasteiger partial charge < -0.3 is 10.6 Å². The molecule has 1 aliphatic heterocycles. The van der Waals surface area contributed by atoms with Crippen molar-refractivity contribution in [3.63, 3.8) is 0 Å². The van der Waals surface area contributed by atoms with Gasteiger partial charge in [0.2, 0.25) is 11.9 Å². The Morgan fingerprint density at radius 3 is 2.75 bits per heavy atom. The third kappa shape index (κ3) is 4.75. The average Bonchev–Trinajstić information content (AvgIpc) is 3.30. The quantitative estimate of drug-likeness (QED) is 0.768. The highest BCUT2D eigenvalue weighted by Gasteiger charge is 2.24. The lowest BCUT2D eigenvalue weighted by atomic mass is 10.2. The van der Waals surface area contributed by atoms with Crippen molar-refractivity contribution in [2.45, 2.75) is 25.3 Å². The van der Waals surface area contributed by atoms with Crippen molar-refractivity contribution in [3.8, 4) is 0 Å². The van der Waals surface area contributed by atoms with E-state index in [4.69, 9.17) is 0 Å². The highest BCUT2D eigenvalue weighted by molar-refractivity contribution is 7.10. The average molecular weight is 345 g/mol. The van der Waals surface area contributed by atoms with Gasteiger partial charge in [-0.25, -0.2) is 9.97 Å². The highest BCUT2D eigenvalue weighted by Crippen LogP contribution is 2.27. The summed E-state index contributed by atoms with van der Waals surface area (Å²) < 4.78 is 0. The molecule has 2 N–H and O–H groups in total. The van der Waals surface area contributed by atoms with Crippen LogP contribution in [0.15, 0.2) is 36.0 Å². The molecule has 3 heterocycles. The molecule has 2 aromatic rings. The van der Waals surface area contributed by atoms with E-state index < -0.39 is 0 Å². The minimum Gasteiger partial charge on any atom is -0.354 e. The molecule has 0 unspecified atom stereocenters. The largest absolute Gasteiger partial charge is 0.354 e. The molecule has 1 fully saturated rings. The first-order valence-electron chi connectivity index (χ1n) is 8.38. The lowest BCUT2D eigenvalue weighted by Crippen LogP contribution is -2.36. The Labute approximate surface area is 146 Å². The predicted octanol–water partition coefficient (Wildman–Crippen LogP) is 2.29. The summed E-state index contributed by atoms with van der Waals surface area (Å²) in [4.78, 5) is 24.1. The van der Waals surface area contributed by atoms with Crippen LogP contribution in [0, 0.1) is 0 Å². The molecule has 0 spiro atoms. The molecule has 1 aliphatic rings. The summed E-state index contributed by atoms with van der Waals surface area (Å²) in [6.45, 7) is 3.43. The molecule has 0 aliphatic carbocycles. The van der Waals surface area contributed by atoms with Crippen LogP contribution in [0.5, 0.6) is 0 Å². The third-order valence-electron chi connectivity index (χ3n) is 4.15. The second kappa shape index (κ2) is 8.75. The van der Waals surface area contributed by atoms with Gasteiger partial charge in [-0.05, 0) is 43.4 Å². The number of anilines is 1. The van der Waals surface area contributed by atoms with E-state index in [0.717, 1.165) is 13.1 Å². The number of thiophene rings is 1. The number of carbonyl (C=O) groups excluding carboxylic acids is 1. The number of nitrogens with zero attached hydrogens (tertiary/aromatic N) is 3. The Morgan fingerprint density at radius 1 is 1.25 bits per heavy atom. The minimum absolute atomic E-state index is 0.0548. The minimum atomic E-state index is 0.0548. The zero-order chi connectivity index (χ0) is 16.6. The standard InChI is InChI=1S/C17H23N5OS/c23-16(6-9-20-17-18-7-4-8-19-17)21-13-14(15-5-3-12-24-15)22-10-1-2-11-22/h3-5,7-8,12,14H,1-2,6,9-11,13H2,(H,21,23)(H,18,19,20)/t14-/m0/s1. The molecule has 3 rings (SSSR count). The lowest BCUT2D eigenvalue weighted by molar-refractivity contribution is -0.121. The fourth-order valence-electron chi connectivity index (χ4n) is 2.92. The fraction of sp³-hybridized carbons (Fsp3) is 0.471. The normalized spacial score (nSPS) is 16.0. The Hall–Kier alpha value is -1.99. The maximum Gasteiger partial charge on any atom is 0.222 e. The van der Waals surface area contributed by atoms with E-state index >= 15 is 0 Å². The van der Waals surface area contributed by atoms with Crippen molar-refractivity contribution >= 4 is 23.2 Å². The Balaban J connectivity index is 1.44. The summed E-state index contributed by atoms with van der Waals surface area (Å²) in [5.74, 6) is 0.609. The predicted molar refractivity (Wildman–Crippen MR) is 96.0 cm³/mol. The van der Waals surface area contributed by atoms with Crippen molar-refractivity contribution in [2.75, 3.05) is 31.5 Å². The molecule has 0 bridgehead atoms. The zero-order valence-corrected chi connectivity index (χ0v) is 14.5. The van der Waals surface area contributed by atoms with E-state index in [2.05, 4.69) is 43.0 Å². The molecule has 7 heteroatoms. The number of hydrogen-bond acceptors (Lipinski definition) is 6. The van der Waals surface area contributed by atoms with E-state index in [-0.39, 0.29) is 5.91 Å². The summed E-state index contributed by atoms with van der Waals surface area (Å²) in [5.41, 5.74) is 0. The summed E-state index contributed by atoms with van der Waals surface area (Å²) in [6, 6.07) is 6.30. The van der Waals surface area contributed by atoms with Gasteiger partial charge in [-0.3, -0.25) is 9.69 Å². The molecule has 128 valence electrons. The summed E-state index contributed by atoms with van der Waals surface area (Å²) in [5, 5.41) is 8.24. The number of rotatable bonds is 8. The molecule has 0 saturated carbocycles. The van der Waals surface area contributed by atoms with Crippen molar-refractivity contribution < 1.29 is 4.79 Å². The molecule has 2 aromatic heterocycles. The summed E-state index contributed by atoms with van der Waals surface area (Å²) >= 11 is 1.76. The second-order valence-corrected chi connectivity index (χ2v) is 6.81. The number of hydrogen-bond donors (Lipinski definition) is 2. The van der Waals surface area contributed by atoms with Gasteiger partial charge in [0.25, 0.3) is 0 Å². The van der Waals surface area contributed by atoms with Crippen LogP contribution in [0.4, 0.5) is 5.95 Å². The zero-order valence-electron chi connectivity index (χ0n) is 13.6. The maximum atomic E-state index is 12.1. The number of carbonyl (C=O) groups is 1. The molecule has 6 nitrogen and oxygen atoms in total. The molecule has 0 aromatic carbocycles. The van der Waals surface area contributed by atoms with E-state index in [1.165, 1.54) is 17.7 Å². The van der Waals surface area contributed by atoms with Gasteiger partial charge in [0, 0.05) is 36.8 Å². The number of aromatic nitrogens is 2. The monoisotopic (exact) mass is 345 g/mol. The van der Waals surface area contributed by atoms with Crippen molar-refractivity contribution in [1.29, 1.82) is 0 Å². The highest BCUT2D eigenvalue weighted by atomic mass is 32.1. The maximum absolute atomic E-state index is 12.1. The van der Waals surface area contributed by atoms with Gasteiger partial charge >= 0.3 is 0 Å². The van der Waals surface area contributed by atoms with Crippen molar-refractivity contribution in [3.05, 3.63) is 40.8 Å². The topological polar surface area (TPSA) is 70.1 Å². The molecule has 24 heavy (non-hydrogen) atoms. The van der Waals surface area contributed by atoms with E-state index in [1.807, 2.05) is 0 Å². The van der Waals surface area contributed by atoms with Gasteiger partial charge in [0.05, 0.1) is 6.04 Å². The smallest absolute Gasteiger partial charge is 0.222 e. The first kappa shape index (κ1) is 16.9. The van der Waals surface area contributed by atoms with Crippen LogP contribution in [-0.2, 0) is 4.79 Å². The molecule has 1 atom stereocenters. The first-order valence-corrected chi connectivity index (χ1v) is 9.26. The third-order valence-corrected chi connectivity index (χ3v) is 5.12. The Bertz CT molecular complexity index is 613. The van der Waals surface area contributed by atoms with Gasteiger partial charge in [0.15, 0.2) is 0 Å². The Kier molecular flexibility index (Phi) is 6.14. The molecular formula is C17H23N5OS. The van der Waals surface area contributed by atoms with E-state index in [9.17, 15) is 4.79 Å². The molecule has 0 radical (unpaired) electrons. The van der Waals surface area contributed by atoms with Crippen LogP contribution in [0.2, 0.25) is 0 Å². The van der Waals surface area contributed by atoms with Gasteiger partial charge in [-0.15, -0.1) is 11.3 Å². The first-order chi connectivity index (χ1) is 11.8. The van der Waals surface area contributed by atoms with E-state index in [1.54, 1.807) is 29.8 Å². The molecular weight excluding hydrogens is 322 g/mol. The van der Waals surface area contributed by atoms with Crippen LogP contribution < -0.4 is 10.6 Å². The van der Waals surface area contributed by atoms with Crippen LogP contribution in [0.1, 0.15) is 30.2 Å². The van der Waals surface area contributed by atoms with Crippen LogP contribution in [0.25, 0.3) is 0 Å². The van der Waals surface area contributed by atoms with Crippen molar-refractivity contribution in [2.24, 2.45) is 0 Å². The summed E-state index contributed by atoms with van der Waals surface area (Å²) in [6.07, 6.45) is 6.26. The van der Waals surface area contributed by atoms with Crippen LogP contribution in [0.3, 0.4) is 0 Å². The second-order valence-electron chi connectivity index (χ2n) is 5.83. The van der Waals surface area contributed by atoms with Crippen LogP contribution >= 0.6 is 11.3 Å². The molecule has 1 saturated heterocycles. The lowest BCUT2D eigenvalue weighted by Gasteiger charge is -2.26. The van der Waals surface area contributed by atoms with Gasteiger partial charge in [-0.1, -0.05) is 6.07 Å². The number of likely N-dealkylation sites (tertiary alicyclic amines) is 1. The number of amides is 1.